The smallest absolute Gasteiger partial charge is 0.133 e. The molecule has 2 atom stereocenters. The first-order valence-corrected chi connectivity index (χ1v) is 6.67. The normalized spacial score (nSPS) is 14.7. The van der Waals surface area contributed by atoms with E-state index < -0.39 is 17.7 Å². The number of hydrogen-bond donors (Lipinski definition) is 1. The fraction of sp³-hybridized carbons (Fsp3) is 0.600. The molecule has 1 N–H and O–H groups in total. The van der Waals surface area contributed by atoms with Crippen molar-refractivity contribution < 1.29 is 13.5 Å². The summed E-state index contributed by atoms with van der Waals surface area (Å²) in [4.78, 5) is 0. The molecular formula is C15H23F2NO. The van der Waals surface area contributed by atoms with Gasteiger partial charge in [-0.25, -0.2) is 8.78 Å². The van der Waals surface area contributed by atoms with Crippen LogP contribution >= 0.6 is 0 Å². The van der Waals surface area contributed by atoms with Gasteiger partial charge in [0, 0.05) is 12.2 Å². The lowest BCUT2D eigenvalue weighted by Gasteiger charge is -2.30. The van der Waals surface area contributed by atoms with Crippen LogP contribution in [0.4, 0.5) is 8.78 Å². The Bertz CT molecular complexity index is 421. The summed E-state index contributed by atoms with van der Waals surface area (Å²) < 4.78 is 33.9. The van der Waals surface area contributed by atoms with E-state index in [4.69, 9.17) is 4.74 Å². The average molecular weight is 271 g/mol. The van der Waals surface area contributed by atoms with Crippen molar-refractivity contribution in [1.82, 2.24) is 5.32 Å². The van der Waals surface area contributed by atoms with E-state index in [2.05, 4.69) is 5.32 Å². The van der Waals surface area contributed by atoms with Gasteiger partial charge in [0.1, 0.15) is 11.6 Å². The Kier molecular flexibility index (Phi) is 5.88. The van der Waals surface area contributed by atoms with Crippen LogP contribution in [0.15, 0.2) is 12.1 Å². The molecule has 0 aromatic heterocycles. The summed E-state index contributed by atoms with van der Waals surface area (Å²) in [6.07, 6.45) is -0.277. The van der Waals surface area contributed by atoms with Gasteiger partial charge in [0.25, 0.3) is 0 Å². The monoisotopic (exact) mass is 271 g/mol. The van der Waals surface area contributed by atoms with E-state index in [1.54, 1.807) is 14.0 Å². The minimum atomic E-state index is -0.534. The lowest BCUT2D eigenvalue weighted by molar-refractivity contribution is 0.00292. The topological polar surface area (TPSA) is 21.3 Å². The molecule has 0 aliphatic carbocycles. The number of nitrogens with one attached hydrogen (secondary N) is 1. The van der Waals surface area contributed by atoms with E-state index in [9.17, 15) is 8.78 Å². The highest BCUT2D eigenvalue weighted by Crippen LogP contribution is 2.30. The van der Waals surface area contributed by atoms with Gasteiger partial charge in [-0.2, -0.15) is 0 Å². The number of rotatable bonds is 6. The van der Waals surface area contributed by atoms with Crippen molar-refractivity contribution in [3.05, 3.63) is 34.9 Å². The Morgan fingerprint density at radius 2 is 1.89 bits per heavy atom. The number of halogens is 2. The zero-order chi connectivity index (χ0) is 14.6. The third-order valence-electron chi connectivity index (χ3n) is 3.29. The highest BCUT2D eigenvalue weighted by molar-refractivity contribution is 5.30. The maximum absolute atomic E-state index is 14.2. The van der Waals surface area contributed by atoms with Crippen LogP contribution in [-0.4, -0.2) is 19.8 Å². The molecule has 1 aromatic carbocycles. The molecule has 1 rings (SSSR count). The van der Waals surface area contributed by atoms with Gasteiger partial charge in [-0.15, -0.1) is 0 Å². The van der Waals surface area contributed by atoms with Crippen molar-refractivity contribution in [2.45, 2.75) is 39.8 Å². The van der Waals surface area contributed by atoms with Crippen molar-refractivity contribution in [3.8, 4) is 0 Å². The molecule has 108 valence electrons. The largest absolute Gasteiger partial charge is 0.376 e. The Morgan fingerprint density at radius 1 is 1.26 bits per heavy atom. The van der Waals surface area contributed by atoms with Crippen LogP contribution in [0.25, 0.3) is 0 Å². The molecule has 2 nitrogen and oxygen atoms in total. The van der Waals surface area contributed by atoms with Gasteiger partial charge in [-0.05, 0) is 38.4 Å². The van der Waals surface area contributed by atoms with E-state index in [0.29, 0.717) is 12.2 Å². The second-order valence-corrected chi connectivity index (χ2v) is 5.02. The summed E-state index contributed by atoms with van der Waals surface area (Å²) in [5.41, 5.74) is 0.505. The highest BCUT2D eigenvalue weighted by atomic mass is 19.1. The molecule has 4 heteroatoms. The first kappa shape index (κ1) is 16.1. The van der Waals surface area contributed by atoms with Crippen molar-refractivity contribution in [2.24, 2.45) is 5.92 Å². The van der Waals surface area contributed by atoms with Crippen LogP contribution < -0.4 is 5.32 Å². The van der Waals surface area contributed by atoms with Crippen LogP contribution in [0.2, 0.25) is 0 Å². The van der Waals surface area contributed by atoms with E-state index in [1.807, 2.05) is 20.8 Å². The first-order valence-electron chi connectivity index (χ1n) is 6.67. The number of benzene rings is 1. The lowest BCUT2D eigenvalue weighted by atomic mass is 9.91. The van der Waals surface area contributed by atoms with Crippen molar-refractivity contribution in [1.29, 1.82) is 0 Å². The molecular weight excluding hydrogens is 248 g/mol. The maximum atomic E-state index is 14.2. The van der Waals surface area contributed by atoms with Crippen molar-refractivity contribution >= 4 is 0 Å². The third kappa shape index (κ3) is 3.51. The quantitative estimate of drug-likeness (QED) is 0.853. The van der Waals surface area contributed by atoms with Gasteiger partial charge < -0.3 is 10.1 Å². The lowest BCUT2D eigenvalue weighted by Crippen LogP contribution is -2.37. The third-order valence-corrected chi connectivity index (χ3v) is 3.29. The number of hydrogen-bond acceptors (Lipinski definition) is 2. The molecule has 2 unspecified atom stereocenters. The number of likely N-dealkylation sites (N-methyl/N-ethyl adjacent to an activating group) is 1. The SMILES string of the molecule is CCOC(C(C)C)C(NC)c1c(F)ccc(C)c1F. The molecule has 1 aromatic rings. The first-order chi connectivity index (χ1) is 8.93. The molecule has 0 amide bonds. The van der Waals surface area contributed by atoms with Crippen LogP contribution in [0, 0.1) is 24.5 Å². The van der Waals surface area contributed by atoms with Gasteiger partial charge in [-0.3, -0.25) is 0 Å². The molecule has 0 fully saturated rings. The Hall–Kier alpha value is -1.00. The van der Waals surface area contributed by atoms with E-state index in [0.717, 1.165) is 0 Å². The molecule has 0 aliphatic rings. The minimum Gasteiger partial charge on any atom is -0.376 e. The van der Waals surface area contributed by atoms with Crippen LogP contribution in [0.5, 0.6) is 0 Å². The fourth-order valence-corrected chi connectivity index (χ4v) is 2.30. The summed E-state index contributed by atoms with van der Waals surface area (Å²) in [6.45, 7) is 7.99. The summed E-state index contributed by atoms with van der Waals surface area (Å²) in [7, 11) is 1.69. The Morgan fingerprint density at radius 3 is 2.37 bits per heavy atom. The predicted molar refractivity (Wildman–Crippen MR) is 73.1 cm³/mol. The number of aryl methyl sites for hydroxylation is 1. The summed E-state index contributed by atoms with van der Waals surface area (Å²) in [5.74, 6) is -0.880. The molecule has 0 spiro atoms. The van der Waals surface area contributed by atoms with Gasteiger partial charge >= 0.3 is 0 Å². The predicted octanol–water partition coefficient (Wildman–Crippen LogP) is 3.59. The van der Waals surface area contributed by atoms with Crippen LogP contribution in [-0.2, 0) is 4.74 Å². The van der Waals surface area contributed by atoms with Gasteiger partial charge in [0.15, 0.2) is 0 Å². The highest BCUT2D eigenvalue weighted by Gasteiger charge is 2.30. The molecule has 0 saturated heterocycles. The summed E-state index contributed by atoms with van der Waals surface area (Å²) in [6, 6.07) is 2.26. The van der Waals surface area contributed by atoms with Crippen LogP contribution in [0.3, 0.4) is 0 Å². The van der Waals surface area contributed by atoms with Crippen LogP contribution in [0.1, 0.15) is 37.9 Å². The van der Waals surface area contributed by atoms with E-state index in [1.165, 1.54) is 12.1 Å². The average Bonchev–Trinajstić information content (AvgIpc) is 2.37. The van der Waals surface area contributed by atoms with Crippen molar-refractivity contribution in [2.75, 3.05) is 13.7 Å². The second-order valence-electron chi connectivity index (χ2n) is 5.02. The zero-order valence-corrected chi connectivity index (χ0v) is 12.3. The minimum absolute atomic E-state index is 0.0645. The van der Waals surface area contributed by atoms with E-state index in [-0.39, 0.29) is 17.6 Å². The molecule has 0 aliphatic heterocycles. The fourth-order valence-electron chi connectivity index (χ4n) is 2.30. The van der Waals surface area contributed by atoms with Gasteiger partial charge in [0.2, 0.25) is 0 Å². The maximum Gasteiger partial charge on any atom is 0.133 e. The summed E-state index contributed by atoms with van der Waals surface area (Å²) >= 11 is 0. The van der Waals surface area contributed by atoms with Gasteiger partial charge in [0.05, 0.1) is 12.1 Å². The Balaban J connectivity index is 3.25. The second kappa shape index (κ2) is 6.96. The molecule has 0 bridgehead atoms. The Labute approximate surface area is 114 Å². The standard InChI is InChI=1S/C15H23F2NO/c1-6-19-15(9(2)3)14(18-5)12-11(16)8-7-10(4)13(12)17/h7-9,14-15,18H,6H2,1-5H3. The molecule has 19 heavy (non-hydrogen) atoms. The zero-order valence-electron chi connectivity index (χ0n) is 12.3. The van der Waals surface area contributed by atoms with Gasteiger partial charge in [-0.1, -0.05) is 19.9 Å². The van der Waals surface area contributed by atoms with Crippen molar-refractivity contribution in [3.63, 3.8) is 0 Å². The molecule has 0 radical (unpaired) electrons. The molecule has 0 heterocycles. The van der Waals surface area contributed by atoms with E-state index >= 15 is 0 Å². The molecule has 0 saturated carbocycles. The number of ether oxygens (including phenoxy) is 1. The summed E-state index contributed by atoms with van der Waals surface area (Å²) in [5, 5.41) is 2.99.